The van der Waals surface area contributed by atoms with Gasteiger partial charge in [-0.2, -0.15) is 0 Å². The third-order valence-electron chi connectivity index (χ3n) is 4.43. The monoisotopic (exact) mass is 296 g/mol. The second kappa shape index (κ2) is 6.51. The maximum absolute atomic E-state index is 10.1. The maximum Gasteiger partial charge on any atom is 0.123 e. The molecule has 0 bridgehead atoms. The van der Waals surface area contributed by atoms with Crippen molar-refractivity contribution >= 4 is 10.8 Å². The zero-order chi connectivity index (χ0) is 15.5. The number of phenols is 1. The molecule has 0 spiro atoms. The van der Waals surface area contributed by atoms with Crippen molar-refractivity contribution in [2.75, 3.05) is 26.2 Å². The Kier molecular flexibility index (Phi) is 4.46. The number of hydrogen-bond acceptors (Lipinski definition) is 3. The molecule has 22 heavy (non-hydrogen) atoms. The lowest BCUT2D eigenvalue weighted by atomic mass is 9.93. The zero-order valence-corrected chi connectivity index (χ0v) is 13.2. The highest BCUT2D eigenvalue weighted by atomic mass is 16.3. The fourth-order valence-electron chi connectivity index (χ4n) is 3.36. The van der Waals surface area contributed by atoms with E-state index in [4.69, 9.17) is 0 Å². The molecule has 0 aliphatic carbocycles. The number of rotatable bonds is 4. The number of benzene rings is 2. The van der Waals surface area contributed by atoms with E-state index in [-0.39, 0.29) is 0 Å². The Hall–Kier alpha value is -1.84. The number of phenolic OH excluding ortho intramolecular Hbond substituents is 1. The molecule has 0 aromatic heterocycles. The van der Waals surface area contributed by atoms with Crippen molar-refractivity contribution in [3.8, 4) is 5.75 Å². The molecule has 1 fully saturated rings. The van der Waals surface area contributed by atoms with E-state index in [0.717, 1.165) is 43.4 Å². The quantitative estimate of drug-likeness (QED) is 0.848. The molecule has 2 aromatic rings. The Bertz CT molecular complexity index is 674. The molecule has 0 amide bonds. The molecular formula is C19H24N2O. The summed E-state index contributed by atoms with van der Waals surface area (Å²) < 4.78 is 0. The topological polar surface area (TPSA) is 35.5 Å². The standard InChI is InChI=1S/C19H24N2O/c1-14(2)13-18(21-11-9-20-10-12-21)16-7-8-19(22)17-6-4-3-5-15(16)17/h3-8,18,20,22H,1,9-13H2,2H3/t18-/m1/s1. The summed E-state index contributed by atoms with van der Waals surface area (Å²) in [5, 5.41) is 15.6. The summed E-state index contributed by atoms with van der Waals surface area (Å²) in [6.07, 6.45) is 0.953. The van der Waals surface area contributed by atoms with Gasteiger partial charge in [-0.05, 0) is 30.4 Å². The van der Waals surface area contributed by atoms with Gasteiger partial charge in [0.2, 0.25) is 0 Å². The van der Waals surface area contributed by atoms with Crippen LogP contribution in [0.15, 0.2) is 48.6 Å². The number of hydrogen-bond donors (Lipinski definition) is 2. The number of piperazine rings is 1. The molecule has 0 saturated carbocycles. The molecule has 3 heteroatoms. The first-order chi connectivity index (χ1) is 10.7. The minimum absolute atomic E-state index is 0.324. The highest BCUT2D eigenvalue weighted by Crippen LogP contribution is 2.36. The van der Waals surface area contributed by atoms with E-state index in [1.165, 1.54) is 11.1 Å². The van der Waals surface area contributed by atoms with Gasteiger partial charge in [0.25, 0.3) is 0 Å². The van der Waals surface area contributed by atoms with Crippen LogP contribution in [0.25, 0.3) is 10.8 Å². The molecule has 2 N–H and O–H groups in total. The number of aromatic hydroxyl groups is 1. The summed E-state index contributed by atoms with van der Waals surface area (Å²) in [4.78, 5) is 2.53. The van der Waals surface area contributed by atoms with Gasteiger partial charge in [0.05, 0.1) is 0 Å². The molecule has 2 aromatic carbocycles. The second-order valence-corrected chi connectivity index (χ2v) is 6.18. The van der Waals surface area contributed by atoms with Crippen LogP contribution in [0.2, 0.25) is 0 Å². The molecular weight excluding hydrogens is 272 g/mol. The van der Waals surface area contributed by atoms with Crippen molar-refractivity contribution in [3.05, 3.63) is 54.1 Å². The van der Waals surface area contributed by atoms with E-state index in [0.29, 0.717) is 11.8 Å². The van der Waals surface area contributed by atoms with Crippen LogP contribution in [0, 0.1) is 0 Å². The van der Waals surface area contributed by atoms with Gasteiger partial charge in [0, 0.05) is 37.6 Å². The third kappa shape index (κ3) is 3.01. The molecule has 3 nitrogen and oxygen atoms in total. The summed E-state index contributed by atoms with van der Waals surface area (Å²) in [5.41, 5.74) is 2.49. The van der Waals surface area contributed by atoms with E-state index in [9.17, 15) is 5.11 Å². The van der Waals surface area contributed by atoms with Crippen LogP contribution in [0.4, 0.5) is 0 Å². The summed E-state index contributed by atoms with van der Waals surface area (Å²) in [5.74, 6) is 0.355. The summed E-state index contributed by atoms with van der Waals surface area (Å²) in [7, 11) is 0. The lowest BCUT2D eigenvalue weighted by Crippen LogP contribution is -2.45. The summed E-state index contributed by atoms with van der Waals surface area (Å²) in [6, 6.07) is 12.3. The molecule has 116 valence electrons. The van der Waals surface area contributed by atoms with Gasteiger partial charge in [-0.3, -0.25) is 4.90 Å². The van der Waals surface area contributed by atoms with Crippen molar-refractivity contribution in [3.63, 3.8) is 0 Å². The molecule has 1 aliphatic rings. The van der Waals surface area contributed by atoms with Crippen molar-refractivity contribution in [2.24, 2.45) is 0 Å². The average Bonchev–Trinajstić information content (AvgIpc) is 2.54. The average molecular weight is 296 g/mol. The molecule has 1 heterocycles. The van der Waals surface area contributed by atoms with Crippen LogP contribution in [-0.4, -0.2) is 36.2 Å². The Morgan fingerprint density at radius 1 is 1.18 bits per heavy atom. The van der Waals surface area contributed by atoms with Gasteiger partial charge >= 0.3 is 0 Å². The maximum atomic E-state index is 10.1. The van der Waals surface area contributed by atoms with Crippen LogP contribution in [0.3, 0.4) is 0 Å². The van der Waals surface area contributed by atoms with Crippen molar-refractivity contribution in [2.45, 2.75) is 19.4 Å². The lowest BCUT2D eigenvalue weighted by Gasteiger charge is -2.36. The SMILES string of the molecule is C=C(C)C[C@H](c1ccc(O)c2ccccc12)N1CCNCC1. The van der Waals surface area contributed by atoms with Gasteiger partial charge < -0.3 is 10.4 Å². The molecule has 3 rings (SSSR count). The lowest BCUT2D eigenvalue weighted by molar-refractivity contribution is 0.173. The van der Waals surface area contributed by atoms with Crippen LogP contribution < -0.4 is 5.32 Å². The first kappa shape index (κ1) is 15.1. The van der Waals surface area contributed by atoms with Crippen LogP contribution in [0.5, 0.6) is 5.75 Å². The predicted octanol–water partition coefficient (Wildman–Crippen LogP) is 3.46. The van der Waals surface area contributed by atoms with Crippen molar-refractivity contribution in [1.29, 1.82) is 0 Å². The Balaban J connectivity index is 2.07. The molecule has 1 atom stereocenters. The fourth-order valence-corrected chi connectivity index (χ4v) is 3.36. The smallest absolute Gasteiger partial charge is 0.123 e. The van der Waals surface area contributed by atoms with E-state index < -0.39 is 0 Å². The van der Waals surface area contributed by atoms with Gasteiger partial charge in [-0.15, -0.1) is 6.58 Å². The van der Waals surface area contributed by atoms with E-state index in [1.54, 1.807) is 0 Å². The van der Waals surface area contributed by atoms with E-state index >= 15 is 0 Å². The number of fused-ring (bicyclic) bond motifs is 1. The third-order valence-corrected chi connectivity index (χ3v) is 4.43. The Labute approximate surface area is 132 Å². The molecule has 0 radical (unpaired) electrons. The van der Waals surface area contributed by atoms with Crippen LogP contribution >= 0.6 is 0 Å². The van der Waals surface area contributed by atoms with Crippen LogP contribution in [0.1, 0.15) is 24.9 Å². The number of nitrogens with one attached hydrogen (secondary N) is 1. The predicted molar refractivity (Wildman–Crippen MR) is 92.2 cm³/mol. The van der Waals surface area contributed by atoms with Crippen molar-refractivity contribution < 1.29 is 5.11 Å². The van der Waals surface area contributed by atoms with Crippen LogP contribution in [-0.2, 0) is 0 Å². The van der Waals surface area contributed by atoms with E-state index in [1.807, 2.05) is 24.3 Å². The molecule has 1 aliphatic heterocycles. The van der Waals surface area contributed by atoms with E-state index in [2.05, 4.69) is 35.9 Å². The minimum atomic E-state index is 0.324. The van der Waals surface area contributed by atoms with Gasteiger partial charge in [-0.1, -0.05) is 35.9 Å². The summed E-state index contributed by atoms with van der Waals surface area (Å²) in [6.45, 7) is 10.4. The summed E-state index contributed by atoms with van der Waals surface area (Å²) >= 11 is 0. The molecule has 1 saturated heterocycles. The minimum Gasteiger partial charge on any atom is -0.507 e. The van der Waals surface area contributed by atoms with Crippen molar-refractivity contribution in [1.82, 2.24) is 10.2 Å². The van der Waals surface area contributed by atoms with Gasteiger partial charge in [0.15, 0.2) is 0 Å². The molecule has 0 unspecified atom stereocenters. The second-order valence-electron chi connectivity index (χ2n) is 6.18. The first-order valence-electron chi connectivity index (χ1n) is 7.96. The first-order valence-corrected chi connectivity index (χ1v) is 7.96. The zero-order valence-electron chi connectivity index (χ0n) is 13.2. The Morgan fingerprint density at radius 2 is 1.86 bits per heavy atom. The number of nitrogens with zero attached hydrogens (tertiary/aromatic N) is 1. The normalized spacial score (nSPS) is 17.5. The fraction of sp³-hybridized carbons (Fsp3) is 0.368. The Morgan fingerprint density at radius 3 is 2.55 bits per heavy atom. The van der Waals surface area contributed by atoms with Gasteiger partial charge in [-0.25, -0.2) is 0 Å². The largest absolute Gasteiger partial charge is 0.507 e. The van der Waals surface area contributed by atoms with Gasteiger partial charge in [0.1, 0.15) is 5.75 Å². The highest BCUT2D eigenvalue weighted by molar-refractivity contribution is 5.91. The highest BCUT2D eigenvalue weighted by Gasteiger charge is 2.24.